The zero-order chi connectivity index (χ0) is 13.1. The van der Waals surface area contributed by atoms with Gasteiger partial charge in [-0.25, -0.2) is 9.79 Å². The van der Waals surface area contributed by atoms with Gasteiger partial charge < -0.3 is 5.11 Å². The number of aliphatic imine (C=N–C) groups is 1. The summed E-state index contributed by atoms with van der Waals surface area (Å²) in [6.45, 7) is 0. The van der Waals surface area contributed by atoms with Gasteiger partial charge in [0.05, 0.1) is 0 Å². The van der Waals surface area contributed by atoms with Gasteiger partial charge in [-0.15, -0.1) is 0 Å². The monoisotopic (exact) mass is 261 g/mol. The molecule has 4 saturated carbocycles. The molecule has 102 valence electrons. The Hall–Kier alpha value is -1.19. The fourth-order valence-corrected chi connectivity index (χ4v) is 5.62. The number of hydrogen-bond acceptors (Lipinski definition) is 2. The maximum Gasteiger partial charge on any atom is 0.350 e. The molecule has 4 nitrogen and oxygen atoms in total. The molecule has 0 saturated heterocycles. The minimum Gasteiger partial charge on any atom is -0.477 e. The summed E-state index contributed by atoms with van der Waals surface area (Å²) in [5, 5.41) is 9.02. The molecule has 0 aromatic carbocycles. The van der Waals surface area contributed by atoms with Crippen molar-refractivity contribution in [2.45, 2.75) is 38.5 Å². The predicted octanol–water partition coefficient (Wildman–Crippen LogP) is 2.13. The molecule has 4 fully saturated rings. The fourth-order valence-electron chi connectivity index (χ4n) is 5.62. The van der Waals surface area contributed by atoms with Crippen LogP contribution in [0.1, 0.15) is 38.5 Å². The van der Waals surface area contributed by atoms with Crippen LogP contribution >= 0.6 is 0 Å². The molecule has 1 heterocycles. The third-order valence-electron chi connectivity index (χ3n) is 5.99. The first-order valence-electron chi connectivity index (χ1n) is 7.46. The van der Waals surface area contributed by atoms with E-state index in [0.717, 1.165) is 11.8 Å². The fraction of sp³-hybridized carbons (Fsp3) is 0.800. The average Bonchev–Trinajstić information content (AvgIpc) is 2.70. The SMILES string of the molecule is O=C(O)C1=NC(=O)C(C2C3CC4CC(C3)CC2C4)C1. The van der Waals surface area contributed by atoms with Gasteiger partial charge in [-0.2, -0.15) is 0 Å². The average molecular weight is 261 g/mol. The minimum atomic E-state index is -1.01. The molecule has 0 aromatic heterocycles. The molecule has 5 rings (SSSR count). The van der Waals surface area contributed by atoms with E-state index in [9.17, 15) is 9.59 Å². The van der Waals surface area contributed by atoms with E-state index in [0.29, 0.717) is 24.2 Å². The highest BCUT2D eigenvalue weighted by Gasteiger charge is 2.53. The standard InChI is InChI=1S/C15H19NO3/c17-14-11(6-12(16-14)15(18)19)13-9-2-7-1-8(4-9)5-10(13)3-7/h7-11,13H,1-6H2,(H,18,19). The highest BCUT2D eigenvalue weighted by atomic mass is 16.4. The van der Waals surface area contributed by atoms with Crippen LogP contribution in [-0.2, 0) is 9.59 Å². The summed E-state index contributed by atoms with van der Waals surface area (Å²) in [5.74, 6) is 2.21. The minimum absolute atomic E-state index is 0.0869. The van der Waals surface area contributed by atoms with Crippen LogP contribution in [0.15, 0.2) is 4.99 Å². The Kier molecular flexibility index (Phi) is 2.39. The lowest BCUT2D eigenvalue weighted by atomic mass is 9.49. The Morgan fingerprint density at radius 3 is 2.11 bits per heavy atom. The van der Waals surface area contributed by atoms with E-state index < -0.39 is 5.97 Å². The second-order valence-electron chi connectivity index (χ2n) is 7.02. The second-order valence-corrected chi connectivity index (χ2v) is 7.02. The molecule has 4 heteroatoms. The maximum absolute atomic E-state index is 12.1. The molecular weight excluding hydrogens is 242 g/mol. The van der Waals surface area contributed by atoms with Crippen molar-refractivity contribution < 1.29 is 14.7 Å². The molecule has 19 heavy (non-hydrogen) atoms. The highest BCUT2D eigenvalue weighted by molar-refractivity contribution is 6.39. The number of carboxylic acids is 1. The molecule has 1 amide bonds. The number of carboxylic acid groups (broad SMARTS) is 1. The first-order chi connectivity index (χ1) is 9.11. The number of amides is 1. The lowest BCUT2D eigenvalue weighted by Crippen LogP contribution is -2.48. The van der Waals surface area contributed by atoms with E-state index in [1.54, 1.807) is 0 Å². The van der Waals surface area contributed by atoms with Crippen molar-refractivity contribution in [1.29, 1.82) is 0 Å². The molecular formula is C15H19NO3. The summed E-state index contributed by atoms with van der Waals surface area (Å²) in [6, 6.07) is 0. The summed E-state index contributed by atoms with van der Waals surface area (Å²) in [5.41, 5.74) is 0.0869. The molecule has 5 aliphatic rings. The van der Waals surface area contributed by atoms with Crippen LogP contribution in [0.3, 0.4) is 0 Å². The Balaban J connectivity index is 1.58. The van der Waals surface area contributed by atoms with E-state index >= 15 is 0 Å². The van der Waals surface area contributed by atoms with Crippen molar-refractivity contribution in [2.75, 3.05) is 0 Å². The topological polar surface area (TPSA) is 66.7 Å². The summed E-state index contributed by atoms with van der Waals surface area (Å²) < 4.78 is 0. The molecule has 1 atom stereocenters. The van der Waals surface area contributed by atoms with Gasteiger partial charge in [0.2, 0.25) is 5.91 Å². The van der Waals surface area contributed by atoms with Crippen molar-refractivity contribution in [3.05, 3.63) is 0 Å². The van der Waals surface area contributed by atoms with Gasteiger partial charge in [0, 0.05) is 12.3 Å². The first-order valence-corrected chi connectivity index (χ1v) is 7.46. The molecule has 1 N–H and O–H groups in total. The van der Waals surface area contributed by atoms with Crippen LogP contribution in [-0.4, -0.2) is 22.7 Å². The van der Waals surface area contributed by atoms with E-state index in [-0.39, 0.29) is 17.5 Å². The quantitative estimate of drug-likeness (QED) is 0.828. The van der Waals surface area contributed by atoms with Gasteiger partial charge in [-0.3, -0.25) is 4.79 Å². The Morgan fingerprint density at radius 2 is 1.63 bits per heavy atom. The van der Waals surface area contributed by atoms with Gasteiger partial charge in [-0.05, 0) is 61.7 Å². The maximum atomic E-state index is 12.1. The van der Waals surface area contributed by atoms with Gasteiger partial charge in [0.15, 0.2) is 0 Å². The highest BCUT2D eigenvalue weighted by Crippen LogP contribution is 2.59. The summed E-state index contributed by atoms with van der Waals surface area (Å²) in [6.07, 6.45) is 6.85. The third kappa shape index (κ3) is 1.68. The molecule has 1 unspecified atom stereocenters. The molecule has 1 aliphatic heterocycles. The second kappa shape index (κ2) is 3.90. The molecule has 0 radical (unpaired) electrons. The third-order valence-corrected chi connectivity index (χ3v) is 5.99. The number of aliphatic carboxylic acids is 1. The Bertz CT molecular complexity index is 454. The van der Waals surface area contributed by atoms with Crippen molar-refractivity contribution in [3.8, 4) is 0 Å². The van der Waals surface area contributed by atoms with Gasteiger partial charge >= 0.3 is 5.97 Å². The smallest absolute Gasteiger partial charge is 0.350 e. The Labute approximate surface area is 112 Å². The number of carbonyl (C=O) groups is 2. The van der Waals surface area contributed by atoms with Crippen molar-refractivity contribution in [1.82, 2.24) is 0 Å². The number of nitrogens with zero attached hydrogens (tertiary/aromatic N) is 1. The summed E-state index contributed by atoms with van der Waals surface area (Å²) >= 11 is 0. The van der Waals surface area contributed by atoms with Gasteiger partial charge in [-0.1, -0.05) is 0 Å². The number of carbonyl (C=O) groups excluding carboxylic acids is 1. The lowest BCUT2D eigenvalue weighted by Gasteiger charge is -2.55. The Morgan fingerprint density at radius 1 is 1.05 bits per heavy atom. The van der Waals surface area contributed by atoms with Gasteiger partial charge in [0.1, 0.15) is 5.71 Å². The largest absolute Gasteiger partial charge is 0.477 e. The number of rotatable bonds is 2. The van der Waals surface area contributed by atoms with Crippen LogP contribution in [0.25, 0.3) is 0 Å². The lowest BCUT2D eigenvalue weighted by molar-refractivity contribution is -0.129. The van der Waals surface area contributed by atoms with Crippen molar-refractivity contribution in [3.63, 3.8) is 0 Å². The van der Waals surface area contributed by atoms with E-state index in [4.69, 9.17) is 5.11 Å². The zero-order valence-corrected chi connectivity index (χ0v) is 10.9. The molecule has 0 aromatic rings. The van der Waals surface area contributed by atoms with E-state index in [2.05, 4.69) is 4.99 Å². The zero-order valence-electron chi connectivity index (χ0n) is 10.9. The molecule has 0 spiro atoms. The molecule has 4 aliphatic carbocycles. The van der Waals surface area contributed by atoms with Crippen LogP contribution in [0.4, 0.5) is 0 Å². The van der Waals surface area contributed by atoms with Gasteiger partial charge in [0.25, 0.3) is 0 Å². The van der Waals surface area contributed by atoms with E-state index in [1.165, 1.54) is 32.1 Å². The van der Waals surface area contributed by atoms with Crippen molar-refractivity contribution in [2.24, 2.45) is 40.5 Å². The molecule has 4 bridgehead atoms. The van der Waals surface area contributed by atoms with Crippen LogP contribution in [0.5, 0.6) is 0 Å². The summed E-state index contributed by atoms with van der Waals surface area (Å²) in [7, 11) is 0. The van der Waals surface area contributed by atoms with Crippen LogP contribution in [0, 0.1) is 35.5 Å². The summed E-state index contributed by atoms with van der Waals surface area (Å²) in [4.78, 5) is 26.8. The van der Waals surface area contributed by atoms with Crippen molar-refractivity contribution >= 4 is 17.6 Å². The van der Waals surface area contributed by atoms with E-state index in [1.807, 2.05) is 0 Å². The number of hydrogen-bond donors (Lipinski definition) is 1. The van der Waals surface area contributed by atoms with Crippen LogP contribution in [0.2, 0.25) is 0 Å². The first kappa shape index (κ1) is 11.6. The normalized spacial score (nSPS) is 47.6. The van der Waals surface area contributed by atoms with Crippen LogP contribution < -0.4 is 0 Å². The predicted molar refractivity (Wildman–Crippen MR) is 68.7 cm³/mol.